The number of anilines is 4. The number of aryl methyl sites for hydroxylation is 1. The second-order valence-corrected chi connectivity index (χ2v) is 10.3. The van der Waals surface area contributed by atoms with E-state index in [1.165, 1.54) is 6.33 Å². The number of carbonyl (C=O) groups excluding carboxylic acids is 1. The van der Waals surface area contributed by atoms with Crippen LogP contribution in [0.4, 0.5) is 22.9 Å². The van der Waals surface area contributed by atoms with Crippen LogP contribution in [-0.4, -0.2) is 66.9 Å². The van der Waals surface area contributed by atoms with Gasteiger partial charge in [-0.15, -0.1) is 0 Å². The Kier molecular flexibility index (Phi) is 8.52. The normalized spacial score (nSPS) is 18.3. The molecule has 1 aliphatic rings. The average molecular weight is 531 g/mol. The molecule has 1 amide bonds. The number of rotatable bonds is 8. The lowest BCUT2D eigenvalue weighted by atomic mass is 9.83. The van der Waals surface area contributed by atoms with E-state index < -0.39 is 6.23 Å². The molecule has 0 spiro atoms. The van der Waals surface area contributed by atoms with Crippen molar-refractivity contribution in [1.29, 1.82) is 0 Å². The van der Waals surface area contributed by atoms with E-state index in [0.717, 1.165) is 23.4 Å². The van der Waals surface area contributed by atoms with E-state index in [9.17, 15) is 9.90 Å². The molecule has 0 aliphatic carbocycles. The quantitative estimate of drug-likeness (QED) is 0.330. The molecule has 9 heteroatoms. The molecule has 1 aliphatic heterocycles. The fourth-order valence-electron chi connectivity index (χ4n) is 5.02. The van der Waals surface area contributed by atoms with Crippen molar-refractivity contribution in [3.8, 4) is 5.75 Å². The molecule has 3 aromatic rings. The summed E-state index contributed by atoms with van der Waals surface area (Å²) in [6.07, 6.45) is 4.62. The number of aromatic nitrogens is 2. The Hall–Kier alpha value is -3.95. The molecular weight excluding hydrogens is 492 g/mol. The maximum atomic E-state index is 14.0. The lowest BCUT2D eigenvalue weighted by Gasteiger charge is -2.26. The van der Waals surface area contributed by atoms with Crippen LogP contribution < -0.4 is 20.3 Å². The van der Waals surface area contributed by atoms with E-state index in [-0.39, 0.29) is 30.0 Å². The fraction of sp³-hybridized carbons (Fsp3) is 0.367. The first-order valence-corrected chi connectivity index (χ1v) is 13.0. The van der Waals surface area contributed by atoms with E-state index in [1.54, 1.807) is 23.0 Å². The summed E-state index contributed by atoms with van der Waals surface area (Å²) in [7, 11) is 7.42. The van der Waals surface area contributed by atoms with Gasteiger partial charge in [0.2, 0.25) is 5.91 Å². The van der Waals surface area contributed by atoms with Crippen LogP contribution in [0.3, 0.4) is 0 Å². The van der Waals surface area contributed by atoms with E-state index in [0.29, 0.717) is 22.8 Å². The Labute approximate surface area is 230 Å². The number of fused-ring (bicyclic) bond motifs is 1. The molecule has 206 valence electrons. The predicted octanol–water partition coefficient (Wildman–Crippen LogP) is 4.20. The van der Waals surface area contributed by atoms with E-state index in [2.05, 4.69) is 16.9 Å². The first-order valence-electron chi connectivity index (χ1n) is 13.0. The maximum absolute atomic E-state index is 14.0. The summed E-state index contributed by atoms with van der Waals surface area (Å²) in [4.78, 5) is 28.3. The molecule has 2 aromatic carbocycles. The fourth-order valence-corrected chi connectivity index (χ4v) is 5.02. The second-order valence-electron chi connectivity index (χ2n) is 10.3. The van der Waals surface area contributed by atoms with Gasteiger partial charge in [0.1, 0.15) is 24.0 Å². The summed E-state index contributed by atoms with van der Waals surface area (Å²) in [6.45, 7) is 4.76. The molecule has 0 saturated heterocycles. The molecule has 0 fully saturated rings. The van der Waals surface area contributed by atoms with Gasteiger partial charge in [-0.05, 0) is 56.4 Å². The number of carbonyl (C=O) groups is 1. The lowest BCUT2D eigenvalue weighted by molar-refractivity contribution is -0.118. The molecule has 0 radical (unpaired) electrons. The Bertz CT molecular complexity index is 1360. The van der Waals surface area contributed by atoms with E-state index >= 15 is 0 Å². The number of nitrogens with two attached hydrogens (primary N) is 1. The summed E-state index contributed by atoms with van der Waals surface area (Å²) in [5.41, 5.74) is 11.1. The van der Waals surface area contributed by atoms with Gasteiger partial charge in [-0.25, -0.2) is 9.97 Å². The summed E-state index contributed by atoms with van der Waals surface area (Å²) in [5.74, 6) is 0.528. The summed E-state index contributed by atoms with van der Waals surface area (Å²) < 4.78 is 5.53. The number of ether oxygens (including phenoxy) is 1. The average Bonchev–Trinajstić information content (AvgIpc) is 3.03. The number of amides is 1. The van der Waals surface area contributed by atoms with E-state index in [1.807, 2.05) is 81.5 Å². The van der Waals surface area contributed by atoms with Crippen molar-refractivity contribution >= 4 is 28.8 Å². The van der Waals surface area contributed by atoms with Crippen molar-refractivity contribution in [2.45, 2.75) is 38.3 Å². The Morgan fingerprint density at radius 2 is 1.97 bits per heavy atom. The van der Waals surface area contributed by atoms with Crippen molar-refractivity contribution in [3.63, 3.8) is 0 Å². The number of likely N-dealkylation sites (N-methyl/N-ethyl adjacent to an activating group) is 2. The van der Waals surface area contributed by atoms with Crippen molar-refractivity contribution in [1.82, 2.24) is 14.9 Å². The zero-order chi connectivity index (χ0) is 28.3. The smallest absolute Gasteiger partial charge is 0.232 e. The highest BCUT2D eigenvalue weighted by molar-refractivity contribution is 6.04. The topological polar surface area (TPSA) is 108 Å². The highest BCUT2D eigenvalue weighted by Crippen LogP contribution is 2.47. The van der Waals surface area contributed by atoms with Crippen LogP contribution in [0.5, 0.6) is 5.75 Å². The summed E-state index contributed by atoms with van der Waals surface area (Å²) >= 11 is 0. The van der Waals surface area contributed by atoms with Crippen LogP contribution in [0, 0.1) is 6.92 Å². The summed E-state index contributed by atoms with van der Waals surface area (Å²) in [5, 5.41) is 10.7. The highest BCUT2D eigenvalue weighted by atomic mass is 16.5. The number of nitrogens with zero attached hydrogens (tertiary/aromatic N) is 5. The lowest BCUT2D eigenvalue weighted by Crippen LogP contribution is -2.30. The van der Waals surface area contributed by atoms with Gasteiger partial charge in [-0.3, -0.25) is 9.69 Å². The standard InChI is InChI=1S/C30H38N6O3/c1-19-12-13-23(16-25(19)39-6)36-27(38)17-24(20(2)28-29(36)30(31)33-18-32-28)21-9-7-10-22(15-21)35(5)26(37)11-8-14-34(3)4/h7-13,15-16,18,20,24,26,37H,14,17H2,1-6H3,(H2,31,32,33). The molecule has 3 N–H and O–H groups in total. The van der Waals surface area contributed by atoms with Crippen LogP contribution in [-0.2, 0) is 4.79 Å². The second kappa shape index (κ2) is 11.8. The minimum Gasteiger partial charge on any atom is -0.496 e. The monoisotopic (exact) mass is 530 g/mol. The molecule has 4 rings (SSSR count). The van der Waals surface area contributed by atoms with Gasteiger partial charge in [0.25, 0.3) is 0 Å². The van der Waals surface area contributed by atoms with Gasteiger partial charge in [-0.1, -0.05) is 31.2 Å². The molecular formula is C30H38N6O3. The summed E-state index contributed by atoms with van der Waals surface area (Å²) in [6, 6.07) is 13.6. The van der Waals surface area contributed by atoms with Crippen molar-refractivity contribution in [3.05, 3.63) is 77.8 Å². The molecule has 0 bridgehead atoms. The number of hydrogen-bond donors (Lipinski definition) is 2. The minimum atomic E-state index is -0.784. The van der Waals surface area contributed by atoms with Crippen molar-refractivity contribution in [2.24, 2.45) is 0 Å². The van der Waals surface area contributed by atoms with E-state index in [4.69, 9.17) is 10.5 Å². The SMILES string of the molecule is COc1cc(N2C(=O)CC(c3cccc(N(C)C(O)C=CCN(C)C)c3)C(C)c3ncnc(N)c32)ccc1C. The number of aliphatic hydroxyl groups is 1. The molecule has 39 heavy (non-hydrogen) atoms. The first-order chi connectivity index (χ1) is 18.6. The zero-order valence-corrected chi connectivity index (χ0v) is 23.5. The third kappa shape index (κ3) is 5.89. The zero-order valence-electron chi connectivity index (χ0n) is 23.5. The molecule has 9 nitrogen and oxygen atoms in total. The predicted molar refractivity (Wildman–Crippen MR) is 156 cm³/mol. The van der Waals surface area contributed by atoms with Gasteiger partial charge in [0.05, 0.1) is 18.5 Å². The van der Waals surface area contributed by atoms with Gasteiger partial charge in [0, 0.05) is 43.6 Å². The third-order valence-corrected chi connectivity index (χ3v) is 7.31. The van der Waals surface area contributed by atoms with Crippen LogP contribution in [0.15, 0.2) is 60.9 Å². The van der Waals surface area contributed by atoms with Gasteiger partial charge < -0.3 is 25.4 Å². The number of hydrogen-bond acceptors (Lipinski definition) is 8. The largest absolute Gasteiger partial charge is 0.496 e. The van der Waals surface area contributed by atoms with Crippen molar-refractivity contribution < 1.29 is 14.6 Å². The van der Waals surface area contributed by atoms with Gasteiger partial charge in [-0.2, -0.15) is 0 Å². The molecule has 0 saturated carbocycles. The molecule has 3 atom stereocenters. The first kappa shape index (κ1) is 28.1. The molecule has 2 heterocycles. The number of methoxy groups -OCH3 is 1. The number of aliphatic hydroxyl groups excluding tert-OH is 1. The third-order valence-electron chi connectivity index (χ3n) is 7.31. The van der Waals surface area contributed by atoms with Gasteiger partial charge >= 0.3 is 0 Å². The van der Waals surface area contributed by atoms with Gasteiger partial charge in [0.15, 0.2) is 5.82 Å². The Morgan fingerprint density at radius 1 is 1.21 bits per heavy atom. The minimum absolute atomic E-state index is 0.108. The number of benzene rings is 2. The maximum Gasteiger partial charge on any atom is 0.232 e. The molecule has 1 aromatic heterocycles. The molecule has 3 unspecified atom stereocenters. The van der Waals surface area contributed by atoms with Crippen molar-refractivity contribution in [2.75, 3.05) is 50.3 Å². The van der Waals surface area contributed by atoms with Crippen LogP contribution >= 0.6 is 0 Å². The van der Waals surface area contributed by atoms with Crippen LogP contribution in [0.2, 0.25) is 0 Å². The number of nitrogen functional groups attached to an aromatic ring is 1. The Balaban J connectivity index is 1.73. The van der Waals surface area contributed by atoms with Crippen LogP contribution in [0.1, 0.15) is 42.0 Å². The van der Waals surface area contributed by atoms with Crippen LogP contribution in [0.25, 0.3) is 0 Å². The highest BCUT2D eigenvalue weighted by Gasteiger charge is 2.37. The Morgan fingerprint density at radius 3 is 2.69 bits per heavy atom.